The lowest BCUT2D eigenvalue weighted by molar-refractivity contribution is 0.0358. The van der Waals surface area contributed by atoms with Crippen LogP contribution >= 0.6 is 0 Å². The molecule has 1 aliphatic carbocycles. The minimum atomic E-state index is 0.321. The van der Waals surface area contributed by atoms with E-state index < -0.39 is 0 Å². The number of hydrogen-bond acceptors (Lipinski definition) is 2. The van der Waals surface area contributed by atoms with Crippen molar-refractivity contribution in [1.29, 1.82) is 0 Å². The van der Waals surface area contributed by atoms with Gasteiger partial charge in [0, 0.05) is 31.7 Å². The number of rotatable bonds is 4. The van der Waals surface area contributed by atoms with Crippen molar-refractivity contribution in [3.8, 4) is 0 Å². The average molecular weight is 183 g/mol. The Morgan fingerprint density at radius 2 is 2.00 bits per heavy atom. The van der Waals surface area contributed by atoms with Gasteiger partial charge in [0.15, 0.2) is 0 Å². The van der Waals surface area contributed by atoms with Crippen LogP contribution < -0.4 is 0 Å². The normalized spacial score (nSPS) is 27.7. The van der Waals surface area contributed by atoms with Gasteiger partial charge < -0.3 is 10.0 Å². The molecule has 1 heterocycles. The maximum absolute atomic E-state index is 9.17. The summed E-state index contributed by atoms with van der Waals surface area (Å²) < 4.78 is 0. The van der Waals surface area contributed by atoms with Gasteiger partial charge in [0.2, 0.25) is 0 Å². The van der Waals surface area contributed by atoms with E-state index in [1.165, 1.54) is 25.9 Å². The van der Waals surface area contributed by atoms with E-state index in [4.69, 9.17) is 0 Å². The minimum Gasteiger partial charge on any atom is -0.396 e. The summed E-state index contributed by atoms with van der Waals surface area (Å²) in [4.78, 5) is 2.51. The number of likely N-dealkylation sites (tertiary alicyclic amines) is 1. The lowest BCUT2D eigenvalue weighted by Gasteiger charge is -2.43. The van der Waals surface area contributed by atoms with E-state index in [1.54, 1.807) is 0 Å². The Morgan fingerprint density at radius 1 is 1.38 bits per heavy atom. The van der Waals surface area contributed by atoms with Crippen LogP contribution in [0.1, 0.15) is 26.7 Å². The Balaban J connectivity index is 1.70. The highest BCUT2D eigenvalue weighted by molar-refractivity contribution is 4.97. The van der Waals surface area contributed by atoms with E-state index >= 15 is 0 Å². The van der Waals surface area contributed by atoms with Gasteiger partial charge in [0.25, 0.3) is 0 Å². The zero-order valence-corrected chi connectivity index (χ0v) is 8.79. The third-order valence-electron chi connectivity index (χ3n) is 3.78. The van der Waals surface area contributed by atoms with Crippen molar-refractivity contribution in [1.82, 2.24) is 4.90 Å². The maximum Gasteiger partial charge on any atom is 0.0499 e. The standard InChI is InChI=1S/C11H21NO/c1-9(2)10-5-12(6-10)7-11(8-13)3-4-11/h9-10,13H,3-8H2,1-2H3. The summed E-state index contributed by atoms with van der Waals surface area (Å²) in [6.07, 6.45) is 2.48. The number of hydrogen-bond donors (Lipinski definition) is 1. The third-order valence-corrected chi connectivity index (χ3v) is 3.78. The molecule has 2 nitrogen and oxygen atoms in total. The second-order valence-electron chi connectivity index (χ2n) is 5.36. The van der Waals surface area contributed by atoms with Gasteiger partial charge in [-0.05, 0) is 24.7 Å². The molecular formula is C11H21NO. The second-order valence-corrected chi connectivity index (χ2v) is 5.36. The predicted octanol–water partition coefficient (Wildman–Crippen LogP) is 1.35. The molecule has 2 aliphatic rings. The number of nitrogens with zero attached hydrogens (tertiary/aromatic N) is 1. The fourth-order valence-corrected chi connectivity index (χ4v) is 2.18. The minimum absolute atomic E-state index is 0.321. The summed E-state index contributed by atoms with van der Waals surface area (Å²) in [7, 11) is 0. The first-order valence-corrected chi connectivity index (χ1v) is 5.48. The largest absolute Gasteiger partial charge is 0.396 e. The molecule has 2 fully saturated rings. The van der Waals surface area contributed by atoms with E-state index in [-0.39, 0.29) is 0 Å². The maximum atomic E-state index is 9.17. The zero-order chi connectivity index (χ0) is 9.47. The summed E-state index contributed by atoms with van der Waals surface area (Å²) in [6.45, 7) is 8.68. The van der Waals surface area contributed by atoms with E-state index in [9.17, 15) is 5.11 Å². The quantitative estimate of drug-likeness (QED) is 0.711. The van der Waals surface area contributed by atoms with Gasteiger partial charge in [0.1, 0.15) is 0 Å². The molecule has 0 aromatic rings. The van der Waals surface area contributed by atoms with Gasteiger partial charge in [-0.1, -0.05) is 13.8 Å². The topological polar surface area (TPSA) is 23.5 Å². The molecule has 0 radical (unpaired) electrons. The molecule has 13 heavy (non-hydrogen) atoms. The number of aliphatic hydroxyl groups is 1. The van der Waals surface area contributed by atoms with Crippen LogP contribution in [0.3, 0.4) is 0 Å². The van der Waals surface area contributed by atoms with Gasteiger partial charge in [0.05, 0.1) is 0 Å². The first-order valence-electron chi connectivity index (χ1n) is 5.48. The van der Waals surface area contributed by atoms with Crippen LogP contribution in [0.2, 0.25) is 0 Å². The molecule has 0 atom stereocenters. The van der Waals surface area contributed by atoms with Crippen molar-refractivity contribution in [3.63, 3.8) is 0 Å². The lowest BCUT2D eigenvalue weighted by atomic mass is 9.87. The van der Waals surface area contributed by atoms with Crippen LogP contribution in [-0.4, -0.2) is 36.2 Å². The van der Waals surface area contributed by atoms with Crippen molar-refractivity contribution >= 4 is 0 Å². The molecule has 1 aliphatic heterocycles. The molecule has 0 aromatic carbocycles. The van der Waals surface area contributed by atoms with Crippen LogP contribution in [-0.2, 0) is 0 Å². The van der Waals surface area contributed by atoms with Crippen molar-refractivity contribution in [2.24, 2.45) is 17.3 Å². The summed E-state index contributed by atoms with van der Waals surface area (Å²) in [5.41, 5.74) is 0.321. The van der Waals surface area contributed by atoms with Gasteiger partial charge in [-0.2, -0.15) is 0 Å². The van der Waals surface area contributed by atoms with E-state index in [0.717, 1.165) is 18.4 Å². The molecule has 0 spiro atoms. The van der Waals surface area contributed by atoms with Crippen molar-refractivity contribution in [2.45, 2.75) is 26.7 Å². The van der Waals surface area contributed by atoms with Crippen LogP contribution in [0.15, 0.2) is 0 Å². The smallest absolute Gasteiger partial charge is 0.0499 e. The molecule has 76 valence electrons. The highest BCUT2D eigenvalue weighted by atomic mass is 16.3. The molecular weight excluding hydrogens is 162 g/mol. The monoisotopic (exact) mass is 183 g/mol. The molecule has 0 unspecified atom stereocenters. The fraction of sp³-hybridized carbons (Fsp3) is 1.00. The predicted molar refractivity (Wildman–Crippen MR) is 53.5 cm³/mol. The Hall–Kier alpha value is -0.0800. The molecule has 0 aromatic heterocycles. The third kappa shape index (κ3) is 1.89. The van der Waals surface area contributed by atoms with Crippen LogP contribution in [0.5, 0.6) is 0 Å². The lowest BCUT2D eigenvalue weighted by Crippen LogP contribution is -2.51. The SMILES string of the molecule is CC(C)C1CN(CC2(CO)CC2)C1. The van der Waals surface area contributed by atoms with E-state index in [1.807, 2.05) is 0 Å². The van der Waals surface area contributed by atoms with Crippen molar-refractivity contribution in [3.05, 3.63) is 0 Å². The fourth-order valence-electron chi connectivity index (χ4n) is 2.18. The molecule has 2 rings (SSSR count). The Morgan fingerprint density at radius 3 is 2.38 bits per heavy atom. The molecule has 1 N–H and O–H groups in total. The van der Waals surface area contributed by atoms with E-state index in [2.05, 4.69) is 18.7 Å². The van der Waals surface area contributed by atoms with Crippen molar-refractivity contribution in [2.75, 3.05) is 26.2 Å². The van der Waals surface area contributed by atoms with Crippen LogP contribution in [0.4, 0.5) is 0 Å². The highest BCUT2D eigenvalue weighted by Crippen LogP contribution is 2.46. The van der Waals surface area contributed by atoms with Gasteiger partial charge in [-0.15, -0.1) is 0 Å². The van der Waals surface area contributed by atoms with Crippen molar-refractivity contribution < 1.29 is 5.11 Å². The summed E-state index contributed by atoms with van der Waals surface area (Å²) in [6, 6.07) is 0. The highest BCUT2D eigenvalue weighted by Gasteiger charge is 2.45. The Labute approximate surface area is 80.9 Å². The van der Waals surface area contributed by atoms with Gasteiger partial charge >= 0.3 is 0 Å². The molecule has 1 saturated heterocycles. The van der Waals surface area contributed by atoms with Gasteiger partial charge in [-0.25, -0.2) is 0 Å². The molecule has 1 saturated carbocycles. The Bertz CT molecular complexity index is 181. The first-order chi connectivity index (χ1) is 6.15. The van der Waals surface area contributed by atoms with E-state index in [0.29, 0.717) is 12.0 Å². The number of aliphatic hydroxyl groups excluding tert-OH is 1. The zero-order valence-electron chi connectivity index (χ0n) is 8.79. The molecule has 0 bridgehead atoms. The van der Waals surface area contributed by atoms with Gasteiger partial charge in [-0.3, -0.25) is 0 Å². The summed E-state index contributed by atoms with van der Waals surface area (Å²) in [5.74, 6) is 1.75. The Kier molecular flexibility index (Phi) is 2.37. The summed E-state index contributed by atoms with van der Waals surface area (Å²) >= 11 is 0. The first kappa shape index (κ1) is 9.47. The summed E-state index contributed by atoms with van der Waals surface area (Å²) in [5, 5.41) is 9.17. The molecule has 0 amide bonds. The van der Waals surface area contributed by atoms with Crippen LogP contribution in [0.25, 0.3) is 0 Å². The second kappa shape index (κ2) is 3.25. The molecule has 2 heteroatoms. The van der Waals surface area contributed by atoms with Crippen LogP contribution in [0, 0.1) is 17.3 Å². The average Bonchev–Trinajstić information content (AvgIpc) is 2.76.